The largest absolute Gasteiger partial charge is 0.339 e. The van der Waals surface area contributed by atoms with Gasteiger partial charge in [-0.2, -0.15) is 0 Å². The summed E-state index contributed by atoms with van der Waals surface area (Å²) in [7, 11) is 0. The highest BCUT2D eigenvalue weighted by molar-refractivity contribution is 5.89. The fourth-order valence-corrected chi connectivity index (χ4v) is 3.84. The van der Waals surface area contributed by atoms with E-state index in [9.17, 15) is 4.79 Å². The van der Waals surface area contributed by atoms with Gasteiger partial charge in [-0.25, -0.2) is 0 Å². The van der Waals surface area contributed by atoms with Gasteiger partial charge in [0.1, 0.15) is 0 Å². The lowest BCUT2D eigenvalue weighted by Crippen LogP contribution is -2.68. The van der Waals surface area contributed by atoms with Gasteiger partial charge in [0.2, 0.25) is 5.91 Å². The minimum Gasteiger partial charge on any atom is -0.339 e. The van der Waals surface area contributed by atoms with Crippen LogP contribution in [0.1, 0.15) is 45.2 Å². The Morgan fingerprint density at radius 3 is 2.43 bits per heavy atom. The van der Waals surface area contributed by atoms with Crippen molar-refractivity contribution < 1.29 is 4.79 Å². The van der Waals surface area contributed by atoms with Crippen molar-refractivity contribution in [3.05, 3.63) is 35.9 Å². The van der Waals surface area contributed by atoms with E-state index in [0.29, 0.717) is 18.0 Å². The summed E-state index contributed by atoms with van der Waals surface area (Å²) in [4.78, 5) is 17.1. The smallest absolute Gasteiger partial charge is 0.232 e. The number of amides is 1. The fourth-order valence-electron chi connectivity index (χ4n) is 3.84. The molecule has 2 atom stereocenters. The Labute approximate surface area is 127 Å². The summed E-state index contributed by atoms with van der Waals surface area (Å²) >= 11 is 0. The van der Waals surface area contributed by atoms with Crippen molar-refractivity contribution in [3.8, 4) is 0 Å². The number of hydrogen-bond acceptors (Lipinski definition) is 2. The molecule has 2 saturated heterocycles. The van der Waals surface area contributed by atoms with Crippen LogP contribution in [0.5, 0.6) is 0 Å². The van der Waals surface area contributed by atoms with Gasteiger partial charge < -0.3 is 4.90 Å². The molecule has 0 unspecified atom stereocenters. The number of rotatable bonds is 3. The van der Waals surface area contributed by atoms with Gasteiger partial charge in [-0.3, -0.25) is 9.69 Å². The second-order valence-electron chi connectivity index (χ2n) is 6.97. The number of piperidine rings is 1. The molecular formula is C18H26N2O. The molecule has 1 aromatic carbocycles. The SMILES string of the molecule is CC(C)N1C[C@@]2(CCCN([C@H](C)c3ccccc3)C2)C1=O. The van der Waals surface area contributed by atoms with Crippen LogP contribution in [0.3, 0.4) is 0 Å². The van der Waals surface area contributed by atoms with E-state index in [-0.39, 0.29) is 5.41 Å². The van der Waals surface area contributed by atoms with Crippen LogP contribution in [0.2, 0.25) is 0 Å². The maximum Gasteiger partial charge on any atom is 0.232 e. The van der Waals surface area contributed by atoms with Crippen molar-refractivity contribution in [3.63, 3.8) is 0 Å². The van der Waals surface area contributed by atoms with E-state index in [1.54, 1.807) is 0 Å². The van der Waals surface area contributed by atoms with Crippen LogP contribution in [-0.2, 0) is 4.79 Å². The highest BCUT2D eigenvalue weighted by Crippen LogP contribution is 2.43. The van der Waals surface area contributed by atoms with Crippen molar-refractivity contribution in [2.45, 2.75) is 45.7 Å². The van der Waals surface area contributed by atoms with E-state index < -0.39 is 0 Å². The number of carbonyl (C=O) groups excluding carboxylic acids is 1. The number of β-lactam (4-membered cyclic amide) rings is 1. The second-order valence-corrected chi connectivity index (χ2v) is 6.97. The summed E-state index contributed by atoms with van der Waals surface area (Å²) in [6, 6.07) is 11.4. The maximum absolute atomic E-state index is 12.6. The van der Waals surface area contributed by atoms with Crippen molar-refractivity contribution >= 4 is 5.91 Å². The molecule has 114 valence electrons. The van der Waals surface area contributed by atoms with Gasteiger partial charge in [0, 0.05) is 25.2 Å². The number of hydrogen-bond donors (Lipinski definition) is 0. The molecule has 3 heteroatoms. The molecule has 2 aliphatic heterocycles. The first-order chi connectivity index (χ1) is 10.0. The highest BCUT2D eigenvalue weighted by atomic mass is 16.2. The average molecular weight is 286 g/mol. The van der Waals surface area contributed by atoms with E-state index in [1.165, 1.54) is 5.56 Å². The zero-order chi connectivity index (χ0) is 15.0. The van der Waals surface area contributed by atoms with Crippen LogP contribution in [0.15, 0.2) is 30.3 Å². The van der Waals surface area contributed by atoms with Gasteiger partial charge in [0.15, 0.2) is 0 Å². The Kier molecular flexibility index (Phi) is 3.78. The first-order valence-corrected chi connectivity index (χ1v) is 8.13. The standard InChI is InChI=1S/C18H26N2O/c1-14(2)20-13-18(17(20)21)10-7-11-19(12-18)15(3)16-8-5-4-6-9-16/h4-6,8-9,14-15H,7,10-13H2,1-3H3/t15-,18+/m1/s1. The lowest BCUT2D eigenvalue weighted by atomic mass is 9.71. The van der Waals surface area contributed by atoms with Crippen LogP contribution in [-0.4, -0.2) is 41.4 Å². The summed E-state index contributed by atoms with van der Waals surface area (Å²) in [5, 5.41) is 0. The van der Waals surface area contributed by atoms with Crippen molar-refractivity contribution in [2.75, 3.05) is 19.6 Å². The van der Waals surface area contributed by atoms with Crippen LogP contribution >= 0.6 is 0 Å². The Bertz CT molecular complexity index is 513. The molecule has 0 bridgehead atoms. The van der Waals surface area contributed by atoms with Gasteiger partial charge in [-0.1, -0.05) is 30.3 Å². The average Bonchev–Trinajstić information content (AvgIpc) is 2.52. The Morgan fingerprint density at radius 2 is 1.81 bits per heavy atom. The quantitative estimate of drug-likeness (QED) is 0.797. The lowest BCUT2D eigenvalue weighted by molar-refractivity contribution is -0.170. The van der Waals surface area contributed by atoms with E-state index in [0.717, 1.165) is 32.5 Å². The van der Waals surface area contributed by atoms with Gasteiger partial charge in [0.05, 0.1) is 5.41 Å². The molecule has 1 spiro atoms. The van der Waals surface area contributed by atoms with E-state index >= 15 is 0 Å². The van der Waals surface area contributed by atoms with Crippen LogP contribution in [0.25, 0.3) is 0 Å². The third-order valence-corrected chi connectivity index (χ3v) is 5.25. The van der Waals surface area contributed by atoms with E-state index in [4.69, 9.17) is 0 Å². The number of nitrogens with zero attached hydrogens (tertiary/aromatic N) is 2. The third-order valence-electron chi connectivity index (χ3n) is 5.25. The van der Waals surface area contributed by atoms with E-state index in [1.807, 2.05) is 4.90 Å². The molecule has 2 aliphatic rings. The van der Waals surface area contributed by atoms with Gasteiger partial charge >= 0.3 is 0 Å². The number of benzene rings is 1. The molecule has 21 heavy (non-hydrogen) atoms. The summed E-state index contributed by atoms with van der Waals surface area (Å²) in [5.74, 6) is 0.377. The normalized spacial score (nSPS) is 28.0. The summed E-state index contributed by atoms with van der Waals surface area (Å²) in [6.45, 7) is 9.45. The molecule has 1 amide bonds. The molecule has 0 radical (unpaired) electrons. The monoisotopic (exact) mass is 286 g/mol. The molecular weight excluding hydrogens is 260 g/mol. The Morgan fingerprint density at radius 1 is 1.10 bits per heavy atom. The first-order valence-electron chi connectivity index (χ1n) is 8.13. The molecule has 0 N–H and O–H groups in total. The molecule has 3 nitrogen and oxygen atoms in total. The topological polar surface area (TPSA) is 23.6 Å². The molecule has 0 aromatic heterocycles. The first kappa shape index (κ1) is 14.6. The minimum absolute atomic E-state index is 0.0917. The minimum atomic E-state index is -0.0917. The summed E-state index contributed by atoms with van der Waals surface area (Å²) < 4.78 is 0. The van der Waals surface area contributed by atoms with Crippen LogP contribution in [0, 0.1) is 5.41 Å². The Balaban J connectivity index is 1.71. The van der Waals surface area contributed by atoms with Crippen molar-refractivity contribution in [1.82, 2.24) is 9.80 Å². The maximum atomic E-state index is 12.6. The molecule has 1 aromatic rings. The fraction of sp³-hybridized carbons (Fsp3) is 0.611. The predicted octanol–water partition coefficient (Wildman–Crippen LogP) is 3.08. The van der Waals surface area contributed by atoms with Gasteiger partial charge in [0.25, 0.3) is 0 Å². The second kappa shape index (κ2) is 5.45. The van der Waals surface area contributed by atoms with Crippen molar-refractivity contribution in [1.29, 1.82) is 0 Å². The van der Waals surface area contributed by atoms with Gasteiger partial charge in [-0.15, -0.1) is 0 Å². The van der Waals surface area contributed by atoms with Crippen molar-refractivity contribution in [2.24, 2.45) is 5.41 Å². The van der Waals surface area contributed by atoms with Gasteiger partial charge in [-0.05, 0) is 45.7 Å². The summed E-state index contributed by atoms with van der Waals surface area (Å²) in [6.07, 6.45) is 2.20. The zero-order valence-corrected chi connectivity index (χ0v) is 13.4. The van der Waals surface area contributed by atoms with E-state index in [2.05, 4.69) is 56.0 Å². The molecule has 2 fully saturated rings. The lowest BCUT2D eigenvalue weighted by Gasteiger charge is -2.55. The predicted molar refractivity (Wildman–Crippen MR) is 84.9 cm³/mol. The zero-order valence-electron chi connectivity index (χ0n) is 13.4. The third kappa shape index (κ3) is 2.48. The number of carbonyl (C=O) groups is 1. The molecule has 0 aliphatic carbocycles. The molecule has 2 heterocycles. The molecule has 0 saturated carbocycles. The number of likely N-dealkylation sites (tertiary alicyclic amines) is 2. The summed E-state index contributed by atoms with van der Waals surface area (Å²) in [5.41, 5.74) is 1.26. The molecule has 3 rings (SSSR count). The van der Waals surface area contributed by atoms with Crippen LogP contribution in [0.4, 0.5) is 0 Å². The Hall–Kier alpha value is -1.35. The highest BCUT2D eigenvalue weighted by Gasteiger charge is 2.54. The van der Waals surface area contributed by atoms with Crippen LogP contribution < -0.4 is 0 Å².